The fraction of sp³-hybridized carbons (Fsp3) is 0.200. The van der Waals surface area contributed by atoms with E-state index in [9.17, 15) is 8.42 Å². The predicted molar refractivity (Wildman–Crippen MR) is 84.4 cm³/mol. The second kappa shape index (κ2) is 7.04. The van der Waals surface area contributed by atoms with Crippen molar-refractivity contribution in [2.75, 3.05) is 6.61 Å². The number of rotatable bonds is 6. The maximum absolute atomic E-state index is 12.2. The third-order valence-corrected chi connectivity index (χ3v) is 4.04. The van der Waals surface area contributed by atoms with Crippen LogP contribution in [0.1, 0.15) is 19.5 Å². The third kappa shape index (κ3) is 4.05. The van der Waals surface area contributed by atoms with Crippen molar-refractivity contribution in [3.63, 3.8) is 0 Å². The molecule has 0 aliphatic carbocycles. The highest BCUT2D eigenvalue weighted by Crippen LogP contribution is 2.15. The number of sulfonamides is 1. The molecule has 0 aliphatic rings. The fourth-order valence-corrected chi connectivity index (χ4v) is 2.55. The van der Waals surface area contributed by atoms with Crippen LogP contribution in [0.25, 0.3) is 0 Å². The summed E-state index contributed by atoms with van der Waals surface area (Å²) in [5.74, 6) is 0.620. The number of ether oxygens (including phenoxy) is 1. The minimum absolute atomic E-state index is 0.119. The lowest BCUT2D eigenvalue weighted by atomic mass is 10.3. The van der Waals surface area contributed by atoms with Crippen LogP contribution in [0.5, 0.6) is 5.75 Å². The molecule has 0 atom stereocenters. The van der Waals surface area contributed by atoms with Crippen molar-refractivity contribution >= 4 is 15.7 Å². The number of pyridine rings is 1. The first-order chi connectivity index (χ1) is 10.5. The Bertz CT molecular complexity index is 741. The van der Waals surface area contributed by atoms with E-state index in [1.165, 1.54) is 12.1 Å². The second-order valence-electron chi connectivity index (χ2n) is 4.41. The highest BCUT2D eigenvalue weighted by molar-refractivity contribution is 7.89. The lowest BCUT2D eigenvalue weighted by Gasteiger charge is -2.06. The molecule has 0 saturated heterocycles. The smallest absolute Gasteiger partial charge is 0.276 e. The Morgan fingerprint density at radius 1 is 1.23 bits per heavy atom. The lowest BCUT2D eigenvalue weighted by molar-refractivity contribution is 0.340. The monoisotopic (exact) mass is 319 g/mol. The van der Waals surface area contributed by atoms with Gasteiger partial charge in [0.25, 0.3) is 10.0 Å². The minimum Gasteiger partial charge on any atom is -0.494 e. The van der Waals surface area contributed by atoms with E-state index in [4.69, 9.17) is 4.74 Å². The van der Waals surface area contributed by atoms with Crippen molar-refractivity contribution < 1.29 is 13.2 Å². The first-order valence-electron chi connectivity index (χ1n) is 6.73. The minimum atomic E-state index is -3.72. The number of benzene rings is 1. The third-order valence-electron chi connectivity index (χ3n) is 2.81. The van der Waals surface area contributed by atoms with Crippen LogP contribution < -0.4 is 9.57 Å². The van der Waals surface area contributed by atoms with Crippen LogP contribution in [0.4, 0.5) is 0 Å². The molecule has 2 rings (SSSR count). The molecule has 22 heavy (non-hydrogen) atoms. The maximum Gasteiger partial charge on any atom is 0.276 e. The number of hydrazone groups is 1. The van der Waals surface area contributed by atoms with E-state index < -0.39 is 10.0 Å². The van der Waals surface area contributed by atoms with Gasteiger partial charge in [-0.2, -0.15) is 18.4 Å². The maximum atomic E-state index is 12.2. The summed E-state index contributed by atoms with van der Waals surface area (Å²) in [6.07, 6.45) is 1.62. The van der Waals surface area contributed by atoms with Crippen molar-refractivity contribution in [1.29, 1.82) is 0 Å². The molecule has 0 bridgehead atoms. The normalized spacial score (nSPS) is 12.0. The number of aromatic nitrogens is 1. The first kappa shape index (κ1) is 16.0. The summed E-state index contributed by atoms with van der Waals surface area (Å²) in [5.41, 5.74) is 1.09. The summed E-state index contributed by atoms with van der Waals surface area (Å²) in [4.78, 5) is 6.43. The zero-order chi connectivity index (χ0) is 16.0. The van der Waals surface area contributed by atoms with E-state index in [1.54, 1.807) is 37.4 Å². The molecule has 0 spiro atoms. The zero-order valence-corrected chi connectivity index (χ0v) is 13.2. The molecule has 1 heterocycles. The molecule has 0 radical (unpaired) electrons. The molecule has 6 nitrogen and oxygen atoms in total. The van der Waals surface area contributed by atoms with Crippen LogP contribution in [0.3, 0.4) is 0 Å². The van der Waals surface area contributed by atoms with Crippen LogP contribution >= 0.6 is 0 Å². The summed E-state index contributed by atoms with van der Waals surface area (Å²) in [5, 5.41) is 3.89. The number of nitrogens with zero attached hydrogens (tertiary/aromatic N) is 2. The van der Waals surface area contributed by atoms with Crippen molar-refractivity contribution in [3.8, 4) is 5.75 Å². The molecule has 0 aliphatic heterocycles. The summed E-state index contributed by atoms with van der Waals surface area (Å²) in [6.45, 7) is 4.07. The SMILES string of the molecule is CCOc1ccc(S(=O)(=O)NN=C(C)c2ccccn2)cc1. The molecule has 7 heteroatoms. The van der Waals surface area contributed by atoms with Gasteiger partial charge in [0.1, 0.15) is 5.75 Å². The van der Waals surface area contributed by atoms with E-state index in [0.717, 1.165) is 0 Å². The Kier molecular flexibility index (Phi) is 5.11. The van der Waals surface area contributed by atoms with Gasteiger partial charge in [0.15, 0.2) is 0 Å². The van der Waals surface area contributed by atoms with Crippen molar-refractivity contribution in [2.24, 2.45) is 5.10 Å². The number of hydrogen-bond acceptors (Lipinski definition) is 5. The quantitative estimate of drug-likeness (QED) is 0.653. The van der Waals surface area contributed by atoms with Crippen LogP contribution in [-0.2, 0) is 10.0 Å². The molecule has 0 saturated carbocycles. The van der Waals surface area contributed by atoms with Crippen LogP contribution in [0.2, 0.25) is 0 Å². The van der Waals surface area contributed by atoms with Gasteiger partial charge in [-0.05, 0) is 50.2 Å². The van der Waals surface area contributed by atoms with Gasteiger partial charge in [-0.3, -0.25) is 4.98 Å². The van der Waals surface area contributed by atoms with Gasteiger partial charge in [0.2, 0.25) is 0 Å². The molecule has 1 N–H and O–H groups in total. The molecule has 0 unspecified atom stereocenters. The zero-order valence-electron chi connectivity index (χ0n) is 12.4. The average molecular weight is 319 g/mol. The molecular weight excluding hydrogens is 302 g/mol. The fourth-order valence-electron chi connectivity index (χ4n) is 1.70. The first-order valence-corrected chi connectivity index (χ1v) is 8.21. The molecule has 116 valence electrons. The van der Waals surface area contributed by atoms with Gasteiger partial charge >= 0.3 is 0 Å². The van der Waals surface area contributed by atoms with E-state index in [-0.39, 0.29) is 4.90 Å². The summed E-state index contributed by atoms with van der Waals surface area (Å²) in [6, 6.07) is 11.5. The van der Waals surface area contributed by atoms with Gasteiger partial charge < -0.3 is 4.74 Å². The standard InChI is InChI=1S/C15H17N3O3S/c1-3-21-13-7-9-14(10-8-13)22(19,20)18-17-12(2)15-6-4-5-11-16-15/h4-11,18H,3H2,1-2H3. The topological polar surface area (TPSA) is 80.7 Å². The number of hydrogen-bond donors (Lipinski definition) is 1. The van der Waals surface area contributed by atoms with Gasteiger partial charge in [-0.1, -0.05) is 6.07 Å². The Balaban J connectivity index is 2.14. The van der Waals surface area contributed by atoms with Crippen molar-refractivity contribution in [2.45, 2.75) is 18.7 Å². The Hall–Kier alpha value is -2.41. The highest BCUT2D eigenvalue weighted by Gasteiger charge is 2.13. The number of nitrogens with one attached hydrogen (secondary N) is 1. The summed E-state index contributed by atoms with van der Waals surface area (Å²) in [7, 11) is -3.72. The highest BCUT2D eigenvalue weighted by atomic mass is 32.2. The molecule has 1 aromatic carbocycles. The molecule has 0 amide bonds. The van der Waals surface area contributed by atoms with Gasteiger partial charge in [-0.15, -0.1) is 0 Å². The van der Waals surface area contributed by atoms with E-state index in [0.29, 0.717) is 23.8 Å². The van der Waals surface area contributed by atoms with E-state index in [1.807, 2.05) is 13.0 Å². The van der Waals surface area contributed by atoms with Gasteiger partial charge in [0.05, 0.1) is 22.9 Å². The van der Waals surface area contributed by atoms with Gasteiger partial charge in [-0.25, -0.2) is 0 Å². The Morgan fingerprint density at radius 2 is 1.95 bits per heavy atom. The molecule has 2 aromatic rings. The predicted octanol–water partition coefficient (Wildman–Crippen LogP) is 2.18. The van der Waals surface area contributed by atoms with Crippen LogP contribution in [0, 0.1) is 0 Å². The second-order valence-corrected chi connectivity index (χ2v) is 6.07. The lowest BCUT2D eigenvalue weighted by Crippen LogP contribution is -2.20. The summed E-state index contributed by atoms with van der Waals surface area (Å²) < 4.78 is 29.6. The van der Waals surface area contributed by atoms with E-state index >= 15 is 0 Å². The van der Waals surface area contributed by atoms with Crippen molar-refractivity contribution in [1.82, 2.24) is 9.82 Å². The van der Waals surface area contributed by atoms with Crippen molar-refractivity contribution in [3.05, 3.63) is 54.4 Å². The molecule has 1 aromatic heterocycles. The summed E-state index contributed by atoms with van der Waals surface area (Å²) >= 11 is 0. The van der Waals surface area contributed by atoms with Gasteiger partial charge in [0, 0.05) is 6.20 Å². The molecule has 0 fully saturated rings. The Morgan fingerprint density at radius 3 is 2.55 bits per heavy atom. The molecular formula is C15H17N3O3S. The average Bonchev–Trinajstić information content (AvgIpc) is 2.54. The van der Waals surface area contributed by atoms with Crippen LogP contribution in [-0.4, -0.2) is 25.7 Å². The van der Waals surface area contributed by atoms with E-state index in [2.05, 4.69) is 14.9 Å². The van der Waals surface area contributed by atoms with Crippen LogP contribution in [0.15, 0.2) is 58.7 Å². The largest absolute Gasteiger partial charge is 0.494 e. The Labute approximate surface area is 129 Å².